The molecule has 0 aliphatic carbocycles. The lowest BCUT2D eigenvalue weighted by atomic mass is 10.1. The molecule has 2 heterocycles. The van der Waals surface area contributed by atoms with Gasteiger partial charge in [0, 0.05) is 5.38 Å². The van der Waals surface area contributed by atoms with Gasteiger partial charge in [-0.15, -0.1) is 21.3 Å². The number of Topliss-reactive ketones (excluding diaryl/α,β-unsaturated/α-hetero) is 1. The van der Waals surface area contributed by atoms with Gasteiger partial charge in [-0.05, 0) is 12.1 Å². The summed E-state index contributed by atoms with van der Waals surface area (Å²) in [6, 6.07) is 4.99. The smallest absolute Gasteiger partial charge is 0.213 e. The minimum atomic E-state index is -0.193. The number of hydrogen-bond donors (Lipinski definition) is 2. The third-order valence-electron chi connectivity index (χ3n) is 2.70. The molecule has 0 saturated carbocycles. The number of carbonyl (C=O) groups is 1. The molecular weight excluding hydrogens is 266 g/mol. The molecule has 3 N–H and O–H groups in total. The second kappa shape index (κ2) is 4.32. The van der Waals surface area contributed by atoms with Crippen molar-refractivity contribution >= 4 is 33.3 Å². The average molecular weight is 275 g/mol. The van der Waals surface area contributed by atoms with Crippen molar-refractivity contribution in [3.63, 3.8) is 0 Å². The molecule has 3 aromatic rings. The van der Waals surface area contributed by atoms with Crippen LogP contribution in [0.3, 0.4) is 0 Å². The van der Waals surface area contributed by atoms with Crippen molar-refractivity contribution < 1.29 is 9.64 Å². The van der Waals surface area contributed by atoms with E-state index in [1.807, 2.05) is 0 Å². The molecule has 8 heteroatoms. The van der Waals surface area contributed by atoms with Gasteiger partial charge in [0.25, 0.3) is 0 Å². The molecule has 7 nitrogen and oxygen atoms in total. The number of hydrogen-bond acceptors (Lipinski definition) is 6. The number of anilines is 1. The molecule has 0 amide bonds. The summed E-state index contributed by atoms with van der Waals surface area (Å²) in [5.74, 6) is -0.193. The van der Waals surface area contributed by atoms with Crippen LogP contribution in [0.15, 0.2) is 23.6 Å². The van der Waals surface area contributed by atoms with E-state index < -0.39 is 0 Å². The third-order valence-corrected chi connectivity index (χ3v) is 3.42. The first-order valence-corrected chi connectivity index (χ1v) is 6.33. The number of aromatic nitrogens is 4. The van der Waals surface area contributed by atoms with Crippen LogP contribution < -0.4 is 10.6 Å². The van der Waals surface area contributed by atoms with Crippen LogP contribution >= 0.6 is 11.3 Å². The van der Waals surface area contributed by atoms with Crippen LogP contribution in [-0.2, 0) is 6.42 Å². The number of nitrogens with zero attached hydrogens (tertiary/aromatic N) is 3. The van der Waals surface area contributed by atoms with Crippen LogP contribution in [0, 0.1) is 5.21 Å². The summed E-state index contributed by atoms with van der Waals surface area (Å²) in [4.78, 5) is 16.7. The number of carbonyl (C=O) groups excluding carboxylic acids is 1. The fraction of sp³-hybridized carbons (Fsp3) is 0.0909. The SMILES string of the molecule is Nc1nc(CC(=O)c2cccc3[nH]n[n+]([O-])c23)cs1. The maximum Gasteiger partial charge on any atom is 0.213 e. The van der Waals surface area contributed by atoms with Gasteiger partial charge in [-0.2, -0.15) is 0 Å². The Morgan fingerprint density at radius 3 is 3.11 bits per heavy atom. The van der Waals surface area contributed by atoms with Crippen molar-refractivity contribution in [1.82, 2.24) is 15.3 Å². The van der Waals surface area contributed by atoms with Crippen LogP contribution in [0.5, 0.6) is 0 Å². The van der Waals surface area contributed by atoms with Crippen molar-refractivity contribution in [2.45, 2.75) is 6.42 Å². The van der Waals surface area contributed by atoms with Gasteiger partial charge in [-0.1, -0.05) is 6.07 Å². The first-order valence-electron chi connectivity index (χ1n) is 5.45. The molecule has 0 radical (unpaired) electrons. The van der Waals surface area contributed by atoms with Crippen molar-refractivity contribution in [3.8, 4) is 0 Å². The van der Waals surface area contributed by atoms with Crippen molar-refractivity contribution in [2.75, 3.05) is 5.73 Å². The van der Waals surface area contributed by atoms with E-state index in [1.165, 1.54) is 11.3 Å². The predicted molar refractivity (Wildman–Crippen MR) is 69.6 cm³/mol. The number of ketones is 1. The van der Waals surface area contributed by atoms with Crippen molar-refractivity contribution in [1.29, 1.82) is 0 Å². The molecule has 2 aromatic heterocycles. The Morgan fingerprint density at radius 2 is 2.37 bits per heavy atom. The van der Waals surface area contributed by atoms with Gasteiger partial charge in [0.1, 0.15) is 0 Å². The molecule has 96 valence electrons. The van der Waals surface area contributed by atoms with E-state index in [9.17, 15) is 10.0 Å². The molecule has 1 aromatic carbocycles. The van der Waals surface area contributed by atoms with Crippen LogP contribution in [-0.4, -0.2) is 21.1 Å². The number of nitrogens with one attached hydrogen (secondary N) is 1. The molecule has 19 heavy (non-hydrogen) atoms. The molecule has 0 bridgehead atoms. The Balaban J connectivity index is 1.99. The molecule has 0 fully saturated rings. The average Bonchev–Trinajstić information content (AvgIpc) is 2.96. The zero-order valence-corrected chi connectivity index (χ0v) is 10.5. The normalized spacial score (nSPS) is 10.9. The lowest BCUT2D eigenvalue weighted by molar-refractivity contribution is -0.644. The van der Waals surface area contributed by atoms with Crippen LogP contribution in [0.4, 0.5) is 5.13 Å². The summed E-state index contributed by atoms with van der Waals surface area (Å²) in [6.45, 7) is 0. The number of rotatable bonds is 3. The lowest BCUT2D eigenvalue weighted by Crippen LogP contribution is -2.29. The number of nitrogen functional groups attached to an aromatic ring is 1. The summed E-state index contributed by atoms with van der Waals surface area (Å²) < 4.78 is 0. The Labute approximate surface area is 111 Å². The number of fused-ring (bicyclic) bond motifs is 1. The Morgan fingerprint density at radius 1 is 1.53 bits per heavy atom. The largest absolute Gasteiger partial charge is 0.691 e. The first kappa shape index (κ1) is 11.6. The molecule has 0 spiro atoms. The standard InChI is InChI=1S/C11H9N5O2S/c12-11-13-6(5-19-11)4-9(17)7-2-1-3-8-10(7)16(18)15-14-8/h1-3,5,14H,4H2,(H2,12,13). The molecular formula is C11H9N5O2S. The number of nitrogens with two attached hydrogens (primary N) is 1. The molecule has 0 aliphatic heterocycles. The summed E-state index contributed by atoms with van der Waals surface area (Å²) in [5, 5.41) is 19.8. The minimum absolute atomic E-state index is 0.109. The van der Waals surface area contributed by atoms with E-state index in [4.69, 9.17) is 5.73 Å². The predicted octanol–water partition coefficient (Wildman–Crippen LogP) is 0.660. The number of thiazole rings is 1. The Kier molecular flexibility index (Phi) is 2.64. The Bertz CT molecular complexity index is 763. The van der Waals surface area contributed by atoms with Crippen LogP contribution in [0.1, 0.15) is 16.1 Å². The molecule has 3 rings (SSSR count). The highest BCUT2D eigenvalue weighted by molar-refractivity contribution is 7.13. The summed E-state index contributed by atoms with van der Waals surface area (Å²) >= 11 is 1.28. The molecule has 0 saturated heterocycles. The quantitative estimate of drug-likeness (QED) is 0.414. The topological polar surface area (TPSA) is 112 Å². The van der Waals surface area contributed by atoms with Gasteiger partial charge in [0.15, 0.2) is 16.4 Å². The molecule has 0 atom stereocenters. The highest BCUT2D eigenvalue weighted by Gasteiger charge is 2.18. The van der Waals surface area contributed by atoms with E-state index in [0.29, 0.717) is 26.8 Å². The van der Waals surface area contributed by atoms with E-state index in [-0.39, 0.29) is 17.7 Å². The summed E-state index contributed by atoms with van der Waals surface area (Å²) in [5.41, 5.74) is 7.22. The van der Waals surface area contributed by atoms with E-state index >= 15 is 0 Å². The van der Waals surface area contributed by atoms with Crippen LogP contribution in [0.25, 0.3) is 11.0 Å². The highest BCUT2D eigenvalue weighted by Crippen LogP contribution is 2.17. The minimum Gasteiger partial charge on any atom is -0.691 e. The van der Waals surface area contributed by atoms with Gasteiger partial charge in [0.05, 0.1) is 22.9 Å². The van der Waals surface area contributed by atoms with Crippen molar-refractivity contribution in [3.05, 3.63) is 40.0 Å². The van der Waals surface area contributed by atoms with Gasteiger partial charge in [0.2, 0.25) is 5.52 Å². The maximum absolute atomic E-state index is 12.2. The first-order chi connectivity index (χ1) is 9.15. The second-order valence-corrected chi connectivity index (χ2v) is 4.85. The van der Waals surface area contributed by atoms with Crippen molar-refractivity contribution in [2.24, 2.45) is 0 Å². The summed E-state index contributed by atoms with van der Waals surface area (Å²) in [6.07, 6.45) is 0.109. The lowest BCUT2D eigenvalue weighted by Gasteiger charge is -2.01. The fourth-order valence-corrected chi connectivity index (χ4v) is 2.44. The number of aromatic amines is 1. The maximum atomic E-state index is 12.2. The zero-order valence-electron chi connectivity index (χ0n) is 9.66. The monoisotopic (exact) mass is 275 g/mol. The van der Waals surface area contributed by atoms with Gasteiger partial charge in [-0.25, -0.2) is 4.98 Å². The third kappa shape index (κ3) is 2.02. The number of para-hydroxylation sites is 1. The van der Waals surface area contributed by atoms with Crippen LogP contribution in [0.2, 0.25) is 0 Å². The molecule has 0 aliphatic rings. The fourth-order valence-electron chi connectivity index (χ4n) is 1.88. The zero-order chi connectivity index (χ0) is 13.4. The molecule has 0 unspecified atom stereocenters. The number of benzene rings is 1. The highest BCUT2D eigenvalue weighted by atomic mass is 32.1. The Hall–Kier alpha value is -2.48. The van der Waals surface area contributed by atoms with Gasteiger partial charge in [-0.3, -0.25) is 4.79 Å². The number of H-pyrrole nitrogens is 1. The van der Waals surface area contributed by atoms with E-state index in [1.54, 1.807) is 23.6 Å². The van der Waals surface area contributed by atoms with E-state index in [0.717, 1.165) is 0 Å². The van der Waals surface area contributed by atoms with Gasteiger partial charge < -0.3 is 10.9 Å². The van der Waals surface area contributed by atoms with E-state index in [2.05, 4.69) is 15.3 Å². The summed E-state index contributed by atoms with van der Waals surface area (Å²) in [7, 11) is 0. The van der Waals surface area contributed by atoms with Gasteiger partial charge >= 0.3 is 0 Å². The second-order valence-electron chi connectivity index (χ2n) is 3.96.